The third-order valence-corrected chi connectivity index (χ3v) is 12.1. The van der Waals surface area contributed by atoms with Crippen LogP contribution in [0.3, 0.4) is 0 Å². The van der Waals surface area contributed by atoms with E-state index in [1.807, 2.05) is 6.08 Å². The second-order valence-electron chi connectivity index (χ2n) is 17.6. The van der Waals surface area contributed by atoms with Crippen molar-refractivity contribution in [3.05, 3.63) is 36.5 Å². The molecule has 2 aliphatic heterocycles. The first-order chi connectivity index (χ1) is 30.6. The van der Waals surface area contributed by atoms with Crippen LogP contribution in [-0.2, 0) is 23.7 Å². The summed E-state index contributed by atoms with van der Waals surface area (Å²) in [5, 5.41) is 86.6. The average Bonchev–Trinajstić information content (AvgIpc) is 3.28. The van der Waals surface area contributed by atoms with Crippen LogP contribution < -0.4 is 5.32 Å². The zero-order valence-electron chi connectivity index (χ0n) is 38.8. The number of unbranched alkanes of at least 4 members (excludes halogenated alkanes) is 20. The van der Waals surface area contributed by atoms with Crippen LogP contribution in [0.1, 0.15) is 174 Å². The van der Waals surface area contributed by atoms with Crippen LogP contribution in [0.25, 0.3) is 0 Å². The minimum absolute atomic E-state index is 0.256. The van der Waals surface area contributed by atoms with Gasteiger partial charge in [-0.15, -0.1) is 0 Å². The molecule has 14 nitrogen and oxygen atoms in total. The van der Waals surface area contributed by atoms with Gasteiger partial charge in [-0.25, -0.2) is 0 Å². The van der Waals surface area contributed by atoms with E-state index >= 15 is 0 Å². The fraction of sp³-hybridized carbons (Fsp3) is 0.857. The van der Waals surface area contributed by atoms with Crippen molar-refractivity contribution in [1.29, 1.82) is 0 Å². The molecule has 2 rings (SSSR count). The second kappa shape index (κ2) is 36.3. The van der Waals surface area contributed by atoms with Gasteiger partial charge in [-0.1, -0.05) is 159 Å². The van der Waals surface area contributed by atoms with E-state index in [1.54, 1.807) is 6.08 Å². The Hall–Kier alpha value is -1.79. The van der Waals surface area contributed by atoms with Crippen molar-refractivity contribution in [3.63, 3.8) is 0 Å². The van der Waals surface area contributed by atoms with E-state index in [0.29, 0.717) is 6.42 Å². The Kier molecular flexibility index (Phi) is 33.1. The molecule has 0 aliphatic carbocycles. The Balaban J connectivity index is 1.88. The van der Waals surface area contributed by atoms with Crippen molar-refractivity contribution in [2.24, 2.45) is 0 Å². The molecule has 1 amide bonds. The first kappa shape index (κ1) is 57.3. The Morgan fingerprint density at radius 3 is 1.65 bits per heavy atom. The fourth-order valence-electron chi connectivity index (χ4n) is 7.97. The van der Waals surface area contributed by atoms with Gasteiger partial charge in [0.15, 0.2) is 12.6 Å². The van der Waals surface area contributed by atoms with E-state index in [2.05, 4.69) is 43.5 Å². The van der Waals surface area contributed by atoms with E-state index in [0.717, 1.165) is 70.6 Å². The summed E-state index contributed by atoms with van der Waals surface area (Å²) >= 11 is 0. The van der Waals surface area contributed by atoms with Crippen LogP contribution in [0.4, 0.5) is 0 Å². The molecule has 0 aromatic rings. The van der Waals surface area contributed by atoms with Gasteiger partial charge >= 0.3 is 0 Å². The maximum Gasteiger partial charge on any atom is 0.220 e. The van der Waals surface area contributed by atoms with Gasteiger partial charge < -0.3 is 65.1 Å². The quantitative estimate of drug-likeness (QED) is 0.0261. The summed E-state index contributed by atoms with van der Waals surface area (Å²) in [5.74, 6) is -0.256. The van der Waals surface area contributed by atoms with Crippen molar-refractivity contribution in [1.82, 2.24) is 5.32 Å². The summed E-state index contributed by atoms with van der Waals surface area (Å²) < 4.78 is 22.7. The molecule has 2 heterocycles. The zero-order chi connectivity index (χ0) is 46.1. The topological polar surface area (TPSA) is 228 Å². The van der Waals surface area contributed by atoms with Gasteiger partial charge in [-0.05, 0) is 44.9 Å². The lowest BCUT2D eigenvalue weighted by atomic mass is 9.97. The third kappa shape index (κ3) is 24.0. The van der Waals surface area contributed by atoms with Crippen molar-refractivity contribution >= 4 is 5.91 Å². The van der Waals surface area contributed by atoms with E-state index in [1.165, 1.54) is 77.0 Å². The number of carbonyl (C=O) groups is 1. The molecule has 63 heavy (non-hydrogen) atoms. The SMILES string of the molecule is CCC/C=C\C/C=C\CCCCCCCC(=O)NC(COC1OC(CO)C(OC2OC(CO)C(O)C(O)C2O)C(O)C1O)C(O)/C=C/CCCCCCCCCCCCCCCC. The molecule has 2 saturated heterocycles. The summed E-state index contributed by atoms with van der Waals surface area (Å²) in [6, 6.07) is -0.919. The van der Waals surface area contributed by atoms with Gasteiger partial charge in [0.05, 0.1) is 32.0 Å². The third-order valence-electron chi connectivity index (χ3n) is 12.1. The molecule has 0 bridgehead atoms. The second-order valence-corrected chi connectivity index (χ2v) is 17.6. The van der Waals surface area contributed by atoms with Crippen molar-refractivity contribution < 1.29 is 64.6 Å². The molecule has 14 heteroatoms. The number of hydrogen-bond donors (Lipinski definition) is 9. The number of allylic oxidation sites excluding steroid dienone is 5. The largest absolute Gasteiger partial charge is 0.394 e. The van der Waals surface area contributed by atoms with Gasteiger partial charge in [0.1, 0.15) is 48.8 Å². The van der Waals surface area contributed by atoms with E-state index in [4.69, 9.17) is 18.9 Å². The number of carbonyl (C=O) groups excluding carboxylic acids is 1. The Labute approximate surface area is 379 Å². The van der Waals surface area contributed by atoms with Gasteiger partial charge in [-0.3, -0.25) is 4.79 Å². The predicted octanol–water partition coefficient (Wildman–Crippen LogP) is 5.93. The van der Waals surface area contributed by atoms with Crippen LogP contribution in [0.2, 0.25) is 0 Å². The van der Waals surface area contributed by atoms with Crippen LogP contribution in [0.5, 0.6) is 0 Å². The summed E-state index contributed by atoms with van der Waals surface area (Å²) in [4.78, 5) is 13.1. The number of rotatable bonds is 37. The van der Waals surface area contributed by atoms with Crippen LogP contribution in [0, 0.1) is 0 Å². The van der Waals surface area contributed by atoms with Gasteiger partial charge in [0.2, 0.25) is 5.91 Å². The molecule has 0 radical (unpaired) electrons. The molecule has 0 spiro atoms. The molecule has 12 unspecified atom stereocenters. The molecule has 0 saturated carbocycles. The number of aliphatic hydroxyl groups is 8. The molecule has 2 aliphatic rings. The lowest BCUT2D eigenvalue weighted by Gasteiger charge is -2.46. The minimum atomic E-state index is -1.79. The predicted molar refractivity (Wildman–Crippen MR) is 244 cm³/mol. The maximum absolute atomic E-state index is 13.1. The summed E-state index contributed by atoms with van der Waals surface area (Å²) in [7, 11) is 0. The number of nitrogens with one attached hydrogen (secondary N) is 1. The summed E-state index contributed by atoms with van der Waals surface area (Å²) in [6.45, 7) is 2.70. The standard InChI is InChI=1S/C49H89NO13/c1-3-5-7-9-11-13-15-17-18-19-21-22-24-26-28-30-32-38(53)37(50-41(54)33-31-29-27-25-23-20-16-14-12-10-8-6-4-2)36-60-48-46(59)44(57)47(40(35-52)62-48)63-49-45(58)43(56)42(55)39(34-51)61-49/h8,10,14,16,30,32,37-40,42-49,51-53,55-59H,3-7,9,11-13,15,17-29,31,33-36H2,1-2H3,(H,50,54)/b10-8-,16-14-,32-30+. The van der Waals surface area contributed by atoms with Crippen molar-refractivity contribution in [2.75, 3.05) is 19.8 Å². The zero-order valence-corrected chi connectivity index (χ0v) is 38.8. The van der Waals surface area contributed by atoms with E-state index in [-0.39, 0.29) is 18.9 Å². The highest BCUT2D eigenvalue weighted by molar-refractivity contribution is 5.76. The Bertz CT molecular complexity index is 1200. The lowest BCUT2D eigenvalue weighted by Crippen LogP contribution is -2.65. The molecule has 0 aromatic heterocycles. The normalized spacial score (nSPS) is 27.8. The monoisotopic (exact) mass is 900 g/mol. The highest BCUT2D eigenvalue weighted by atomic mass is 16.7. The lowest BCUT2D eigenvalue weighted by molar-refractivity contribution is -0.359. The molecule has 0 aromatic carbocycles. The molecule has 368 valence electrons. The first-order valence-corrected chi connectivity index (χ1v) is 24.7. The summed E-state index contributed by atoms with van der Waals surface area (Å²) in [5.41, 5.74) is 0. The number of amides is 1. The maximum atomic E-state index is 13.1. The Morgan fingerprint density at radius 1 is 0.571 bits per heavy atom. The number of hydrogen-bond acceptors (Lipinski definition) is 13. The van der Waals surface area contributed by atoms with Gasteiger partial charge in [-0.2, -0.15) is 0 Å². The van der Waals surface area contributed by atoms with Gasteiger partial charge in [0, 0.05) is 6.42 Å². The Morgan fingerprint density at radius 2 is 1.08 bits per heavy atom. The van der Waals surface area contributed by atoms with E-state index < -0.39 is 86.8 Å². The van der Waals surface area contributed by atoms with Crippen molar-refractivity contribution in [2.45, 2.75) is 248 Å². The number of ether oxygens (including phenoxy) is 4. The average molecular weight is 900 g/mol. The summed E-state index contributed by atoms with van der Waals surface area (Å²) in [6.07, 6.45) is 23.2. The molecule has 2 fully saturated rings. The molecular formula is C49H89NO13. The van der Waals surface area contributed by atoms with Crippen LogP contribution in [0.15, 0.2) is 36.5 Å². The molecular weight excluding hydrogens is 811 g/mol. The highest BCUT2D eigenvalue weighted by Crippen LogP contribution is 2.30. The smallest absolute Gasteiger partial charge is 0.220 e. The van der Waals surface area contributed by atoms with Crippen LogP contribution in [-0.4, -0.2) is 140 Å². The van der Waals surface area contributed by atoms with E-state index in [9.17, 15) is 45.6 Å². The molecule has 9 N–H and O–H groups in total. The molecule has 12 atom stereocenters. The fourth-order valence-corrected chi connectivity index (χ4v) is 7.97. The first-order valence-electron chi connectivity index (χ1n) is 24.7. The van der Waals surface area contributed by atoms with Gasteiger partial charge in [0.25, 0.3) is 0 Å². The van der Waals surface area contributed by atoms with Crippen molar-refractivity contribution in [3.8, 4) is 0 Å². The van der Waals surface area contributed by atoms with Crippen LogP contribution >= 0.6 is 0 Å². The minimum Gasteiger partial charge on any atom is -0.394 e. The number of aliphatic hydroxyl groups excluding tert-OH is 8. The highest BCUT2D eigenvalue weighted by Gasteiger charge is 2.51.